The lowest BCUT2D eigenvalue weighted by atomic mass is 10.0. The zero-order valence-electron chi connectivity index (χ0n) is 7.92. The lowest BCUT2D eigenvalue weighted by Crippen LogP contribution is -2.14. The van der Waals surface area contributed by atoms with Gasteiger partial charge < -0.3 is 15.9 Å². The highest BCUT2D eigenvalue weighted by atomic mass is 79.9. The highest BCUT2D eigenvalue weighted by Crippen LogP contribution is 2.41. The summed E-state index contributed by atoms with van der Waals surface area (Å²) in [5, 5.41) is 18.7. The van der Waals surface area contributed by atoms with Gasteiger partial charge in [0.25, 0.3) is 0 Å². The summed E-state index contributed by atoms with van der Waals surface area (Å²) in [5.41, 5.74) is 3.67. The Morgan fingerprint density at radius 1 is 1.38 bits per heavy atom. The molecule has 3 nitrogen and oxygen atoms in total. The molecule has 90 valence electrons. The van der Waals surface area contributed by atoms with Crippen molar-refractivity contribution in [2.45, 2.75) is 12.3 Å². The molecule has 0 amide bonds. The molecule has 1 unspecified atom stereocenters. The summed E-state index contributed by atoms with van der Waals surface area (Å²) in [4.78, 5) is 0. The first-order valence-corrected chi connectivity index (χ1v) is 5.04. The Hall–Kier alpha value is -0.790. The molecule has 0 aliphatic carbocycles. The van der Waals surface area contributed by atoms with Crippen LogP contribution in [0.25, 0.3) is 0 Å². The molecule has 0 saturated heterocycles. The summed E-state index contributed by atoms with van der Waals surface area (Å²) in [5.74, 6) is -0.992. The van der Waals surface area contributed by atoms with E-state index >= 15 is 0 Å². The molecule has 0 spiro atoms. The number of aliphatic hydroxyl groups excluding tert-OH is 1. The Kier molecular flexibility index (Phi) is 3.82. The number of aromatic hydroxyl groups is 1. The molecule has 0 bridgehead atoms. The zero-order valence-corrected chi connectivity index (χ0v) is 9.51. The maximum atomic E-state index is 12.5. The van der Waals surface area contributed by atoms with E-state index in [1.54, 1.807) is 0 Å². The van der Waals surface area contributed by atoms with E-state index in [9.17, 15) is 23.4 Å². The van der Waals surface area contributed by atoms with Gasteiger partial charge in [-0.15, -0.1) is 0 Å². The normalized spacial score (nSPS) is 13.9. The van der Waals surface area contributed by atoms with Crippen LogP contribution in [-0.4, -0.2) is 16.8 Å². The molecule has 0 saturated carbocycles. The summed E-state index contributed by atoms with van der Waals surface area (Å²) in [6.07, 6.45) is -6.02. The van der Waals surface area contributed by atoms with Crippen LogP contribution in [0.1, 0.15) is 17.2 Å². The quantitative estimate of drug-likeness (QED) is 0.784. The van der Waals surface area contributed by atoms with E-state index in [1.165, 1.54) is 6.07 Å². The van der Waals surface area contributed by atoms with E-state index in [2.05, 4.69) is 15.9 Å². The molecule has 1 aromatic carbocycles. The lowest BCUT2D eigenvalue weighted by molar-refractivity contribution is -0.138. The van der Waals surface area contributed by atoms with Gasteiger partial charge in [-0.25, -0.2) is 0 Å². The molecule has 0 fully saturated rings. The summed E-state index contributed by atoms with van der Waals surface area (Å²) in [6, 6.07) is 1.93. The number of phenols is 1. The maximum absolute atomic E-state index is 12.5. The molecule has 0 aliphatic heterocycles. The molecule has 1 atom stereocenters. The Labute approximate surface area is 97.8 Å². The minimum absolute atomic E-state index is 0.111. The lowest BCUT2D eigenvalue weighted by Gasteiger charge is -2.16. The number of aliphatic hydroxyl groups is 1. The van der Waals surface area contributed by atoms with E-state index in [4.69, 9.17) is 5.73 Å². The number of phenolic OH excluding ortho intramolecular Hbond substituents is 1. The van der Waals surface area contributed by atoms with E-state index in [-0.39, 0.29) is 16.6 Å². The van der Waals surface area contributed by atoms with Crippen LogP contribution in [0.3, 0.4) is 0 Å². The topological polar surface area (TPSA) is 66.5 Å². The molecule has 16 heavy (non-hydrogen) atoms. The number of benzene rings is 1. The van der Waals surface area contributed by atoms with E-state index < -0.39 is 23.6 Å². The minimum atomic E-state index is -4.68. The maximum Gasteiger partial charge on any atom is 0.420 e. The van der Waals surface area contributed by atoms with Crippen molar-refractivity contribution in [3.8, 4) is 5.75 Å². The molecule has 1 aromatic rings. The van der Waals surface area contributed by atoms with Crippen LogP contribution in [0.5, 0.6) is 5.75 Å². The van der Waals surface area contributed by atoms with Gasteiger partial charge in [-0.2, -0.15) is 13.2 Å². The van der Waals surface area contributed by atoms with E-state index in [1.807, 2.05) is 0 Å². The number of nitrogens with two attached hydrogens (primary N) is 1. The zero-order chi connectivity index (χ0) is 12.5. The molecule has 0 radical (unpaired) electrons. The predicted molar refractivity (Wildman–Crippen MR) is 54.8 cm³/mol. The van der Waals surface area contributed by atoms with E-state index in [0.717, 1.165) is 6.07 Å². The summed E-state index contributed by atoms with van der Waals surface area (Å²) in [6.45, 7) is -0.276. The average molecular weight is 300 g/mol. The van der Waals surface area contributed by atoms with Crippen LogP contribution in [-0.2, 0) is 6.18 Å². The second kappa shape index (κ2) is 4.60. The Bertz CT molecular complexity index is 395. The number of alkyl halides is 3. The van der Waals surface area contributed by atoms with Gasteiger partial charge in [0.2, 0.25) is 0 Å². The van der Waals surface area contributed by atoms with Crippen LogP contribution in [0.15, 0.2) is 16.6 Å². The Morgan fingerprint density at radius 3 is 2.38 bits per heavy atom. The van der Waals surface area contributed by atoms with Crippen molar-refractivity contribution in [2.75, 3.05) is 6.54 Å². The van der Waals surface area contributed by atoms with E-state index in [0.29, 0.717) is 0 Å². The van der Waals surface area contributed by atoms with Crippen molar-refractivity contribution in [1.82, 2.24) is 0 Å². The second-order valence-corrected chi connectivity index (χ2v) is 4.06. The second-order valence-electron chi connectivity index (χ2n) is 3.14. The summed E-state index contributed by atoms with van der Waals surface area (Å²) >= 11 is 2.87. The third kappa shape index (κ3) is 2.66. The SMILES string of the molecule is NCC(O)c1cc(Br)cc(C(F)(F)F)c1O. The predicted octanol–water partition coefficient (Wildman–Crippen LogP) is 2.17. The number of hydrogen-bond donors (Lipinski definition) is 3. The largest absolute Gasteiger partial charge is 0.507 e. The highest BCUT2D eigenvalue weighted by molar-refractivity contribution is 9.10. The molecule has 4 N–H and O–H groups in total. The first kappa shape index (κ1) is 13.3. The van der Waals surface area contributed by atoms with Gasteiger partial charge in [0, 0.05) is 16.6 Å². The third-order valence-corrected chi connectivity index (χ3v) is 2.45. The molecule has 0 aromatic heterocycles. The Morgan fingerprint density at radius 2 is 1.94 bits per heavy atom. The molecule has 0 heterocycles. The van der Waals surface area contributed by atoms with Crippen molar-refractivity contribution in [3.63, 3.8) is 0 Å². The summed E-state index contributed by atoms with van der Waals surface area (Å²) < 4.78 is 37.6. The van der Waals surface area contributed by atoms with Gasteiger partial charge in [0.1, 0.15) is 5.75 Å². The van der Waals surface area contributed by atoms with Gasteiger partial charge in [-0.1, -0.05) is 15.9 Å². The smallest absolute Gasteiger partial charge is 0.420 e. The van der Waals surface area contributed by atoms with Crippen LogP contribution in [0.4, 0.5) is 13.2 Å². The first-order chi connectivity index (χ1) is 7.27. The van der Waals surface area contributed by atoms with Gasteiger partial charge in [-0.3, -0.25) is 0 Å². The van der Waals surface area contributed by atoms with Crippen molar-refractivity contribution in [3.05, 3.63) is 27.7 Å². The monoisotopic (exact) mass is 299 g/mol. The molecule has 0 aliphatic rings. The summed E-state index contributed by atoms with van der Waals surface area (Å²) in [7, 11) is 0. The minimum Gasteiger partial charge on any atom is -0.507 e. The standard InChI is InChI=1S/C9H9BrF3NO2/c10-4-1-5(7(15)3-14)8(16)6(2-4)9(11,12)13/h1-2,7,15-16H,3,14H2. The number of halogens is 4. The molecule has 1 rings (SSSR count). The fraction of sp³-hybridized carbons (Fsp3) is 0.333. The molecular weight excluding hydrogens is 291 g/mol. The van der Waals surface area contributed by atoms with Crippen molar-refractivity contribution >= 4 is 15.9 Å². The molecule has 7 heteroatoms. The van der Waals surface area contributed by atoms with Crippen molar-refractivity contribution in [2.24, 2.45) is 5.73 Å². The first-order valence-electron chi connectivity index (χ1n) is 4.25. The highest BCUT2D eigenvalue weighted by Gasteiger charge is 2.35. The fourth-order valence-corrected chi connectivity index (χ4v) is 1.69. The van der Waals surface area contributed by atoms with Gasteiger partial charge in [0.15, 0.2) is 0 Å². The fourth-order valence-electron chi connectivity index (χ4n) is 1.22. The van der Waals surface area contributed by atoms with Crippen LogP contribution >= 0.6 is 15.9 Å². The number of hydrogen-bond acceptors (Lipinski definition) is 3. The molecular formula is C9H9BrF3NO2. The van der Waals surface area contributed by atoms with Crippen molar-refractivity contribution in [1.29, 1.82) is 0 Å². The average Bonchev–Trinajstić information content (AvgIpc) is 2.18. The van der Waals surface area contributed by atoms with Crippen LogP contribution in [0.2, 0.25) is 0 Å². The third-order valence-electron chi connectivity index (χ3n) is 1.99. The van der Waals surface area contributed by atoms with Crippen molar-refractivity contribution < 1.29 is 23.4 Å². The van der Waals surface area contributed by atoms with Gasteiger partial charge in [-0.05, 0) is 12.1 Å². The van der Waals surface area contributed by atoms with Crippen LogP contribution < -0.4 is 5.73 Å². The Balaban J connectivity index is 3.38. The van der Waals surface area contributed by atoms with Crippen LogP contribution in [0, 0.1) is 0 Å². The number of rotatable bonds is 2. The van der Waals surface area contributed by atoms with Gasteiger partial charge in [0.05, 0.1) is 11.7 Å². The van der Waals surface area contributed by atoms with Gasteiger partial charge >= 0.3 is 6.18 Å².